The van der Waals surface area contributed by atoms with E-state index in [1.54, 1.807) is 12.1 Å². The van der Waals surface area contributed by atoms with E-state index in [-0.39, 0.29) is 18.6 Å². The third-order valence-corrected chi connectivity index (χ3v) is 4.65. The molecule has 0 aromatic heterocycles. The Hall–Kier alpha value is -2.00. The van der Waals surface area contributed by atoms with Crippen molar-refractivity contribution in [2.24, 2.45) is 0 Å². The number of halogens is 1. The fourth-order valence-electron chi connectivity index (χ4n) is 2.67. The van der Waals surface area contributed by atoms with Crippen molar-refractivity contribution in [1.82, 2.24) is 5.32 Å². The van der Waals surface area contributed by atoms with Crippen molar-refractivity contribution in [2.75, 3.05) is 6.61 Å². The fraction of sp³-hybridized carbons (Fsp3) is 0.350. The molecule has 0 fully saturated rings. The summed E-state index contributed by atoms with van der Waals surface area (Å²) >= 11 is 5.98. The number of hydrogen-bond acceptors (Lipinski definition) is 2. The Morgan fingerprint density at radius 3 is 2.38 bits per heavy atom. The largest absolute Gasteiger partial charge is 0.484 e. The molecule has 0 aliphatic heterocycles. The molecule has 1 N–H and O–H groups in total. The lowest BCUT2D eigenvalue weighted by Gasteiger charge is -2.18. The van der Waals surface area contributed by atoms with Crippen LogP contribution in [-0.4, -0.2) is 12.5 Å². The van der Waals surface area contributed by atoms with Crippen molar-refractivity contribution < 1.29 is 9.53 Å². The lowest BCUT2D eigenvalue weighted by atomic mass is 9.96. The van der Waals surface area contributed by atoms with E-state index in [1.165, 1.54) is 16.7 Å². The van der Waals surface area contributed by atoms with Gasteiger partial charge in [0.15, 0.2) is 6.61 Å². The van der Waals surface area contributed by atoms with Gasteiger partial charge < -0.3 is 10.1 Å². The molecular formula is C20H24ClNO2. The van der Waals surface area contributed by atoms with Crippen LogP contribution in [0.25, 0.3) is 0 Å². The maximum Gasteiger partial charge on any atom is 0.258 e. The van der Waals surface area contributed by atoms with Crippen molar-refractivity contribution in [2.45, 2.75) is 40.7 Å². The predicted molar refractivity (Wildman–Crippen MR) is 98.9 cm³/mol. The third-order valence-electron chi connectivity index (χ3n) is 4.23. The lowest BCUT2D eigenvalue weighted by Crippen LogP contribution is -2.31. The first-order valence-electron chi connectivity index (χ1n) is 8.04. The molecule has 1 amide bonds. The van der Waals surface area contributed by atoms with E-state index in [4.69, 9.17) is 16.3 Å². The van der Waals surface area contributed by atoms with Crippen molar-refractivity contribution in [1.29, 1.82) is 0 Å². The summed E-state index contributed by atoms with van der Waals surface area (Å²) in [5, 5.41) is 3.68. The van der Waals surface area contributed by atoms with Gasteiger partial charge in [-0.2, -0.15) is 0 Å². The molecule has 0 aliphatic carbocycles. The molecule has 2 rings (SSSR count). The van der Waals surface area contributed by atoms with Crippen LogP contribution in [0.3, 0.4) is 0 Å². The van der Waals surface area contributed by atoms with Gasteiger partial charge in [-0.25, -0.2) is 0 Å². The van der Waals surface area contributed by atoms with Gasteiger partial charge in [0.2, 0.25) is 0 Å². The van der Waals surface area contributed by atoms with Gasteiger partial charge >= 0.3 is 0 Å². The standard InChI is InChI=1S/C20H24ClNO2/c1-12-8-14(3)18(10-13(12)2)16(5)22-20(23)11-24-17-6-7-19(21)15(4)9-17/h6-10,16H,11H2,1-5H3,(H,22,23)/t16-/m0/s1. The minimum atomic E-state index is -0.146. The minimum absolute atomic E-state index is 0.0185. The number of carbonyl (C=O) groups is 1. The van der Waals surface area contributed by atoms with Crippen molar-refractivity contribution in [3.05, 3.63) is 63.2 Å². The Morgan fingerprint density at radius 2 is 1.71 bits per heavy atom. The lowest BCUT2D eigenvalue weighted by molar-refractivity contribution is -0.123. The molecule has 1 atom stereocenters. The second-order valence-electron chi connectivity index (χ2n) is 6.28. The first kappa shape index (κ1) is 18.3. The van der Waals surface area contributed by atoms with Crippen molar-refractivity contribution >= 4 is 17.5 Å². The number of nitrogens with one attached hydrogen (secondary N) is 1. The highest BCUT2D eigenvalue weighted by molar-refractivity contribution is 6.31. The number of rotatable bonds is 5. The molecule has 0 aliphatic rings. The number of amides is 1. The Kier molecular flexibility index (Phi) is 5.89. The summed E-state index contributed by atoms with van der Waals surface area (Å²) in [4.78, 5) is 12.2. The number of aryl methyl sites for hydroxylation is 4. The molecule has 0 heterocycles. The van der Waals surface area contributed by atoms with Gasteiger partial charge in [0.25, 0.3) is 5.91 Å². The summed E-state index contributed by atoms with van der Waals surface area (Å²) in [6.45, 7) is 10.1. The van der Waals surface area contributed by atoms with Gasteiger partial charge in [0.1, 0.15) is 5.75 Å². The average molecular weight is 346 g/mol. The van der Waals surface area contributed by atoms with Crippen LogP contribution in [0.15, 0.2) is 30.3 Å². The normalized spacial score (nSPS) is 11.9. The van der Waals surface area contributed by atoms with Gasteiger partial charge in [-0.1, -0.05) is 23.7 Å². The summed E-state index contributed by atoms with van der Waals surface area (Å²) in [5.41, 5.74) is 5.73. The molecule has 0 bridgehead atoms. The Balaban J connectivity index is 1.96. The number of hydrogen-bond donors (Lipinski definition) is 1. The zero-order valence-corrected chi connectivity index (χ0v) is 15.6. The van der Waals surface area contributed by atoms with Gasteiger partial charge in [-0.05, 0) is 80.6 Å². The number of carbonyl (C=O) groups excluding carboxylic acids is 1. The predicted octanol–water partition coefficient (Wildman–Crippen LogP) is 4.83. The van der Waals surface area contributed by atoms with E-state index in [9.17, 15) is 4.79 Å². The summed E-state index contributed by atoms with van der Waals surface area (Å²) < 4.78 is 5.54. The highest BCUT2D eigenvalue weighted by Crippen LogP contribution is 2.22. The number of ether oxygens (including phenoxy) is 1. The Bertz CT molecular complexity index is 756. The van der Waals surface area contributed by atoms with Crippen molar-refractivity contribution in [3.8, 4) is 5.75 Å². The van der Waals surface area contributed by atoms with Crippen molar-refractivity contribution in [3.63, 3.8) is 0 Å². The Labute approximate surface area is 149 Å². The van der Waals surface area contributed by atoms with Crippen LogP contribution < -0.4 is 10.1 Å². The molecular weight excluding hydrogens is 322 g/mol. The first-order valence-corrected chi connectivity index (χ1v) is 8.41. The SMILES string of the molecule is Cc1cc(C)c([C@H](C)NC(=O)COc2ccc(Cl)c(C)c2)cc1C. The molecule has 2 aromatic carbocycles. The van der Waals surface area contributed by atoms with Crippen LogP contribution in [0.4, 0.5) is 0 Å². The topological polar surface area (TPSA) is 38.3 Å². The third kappa shape index (κ3) is 4.51. The van der Waals surface area contributed by atoms with E-state index in [1.807, 2.05) is 19.9 Å². The molecule has 0 unspecified atom stereocenters. The molecule has 128 valence electrons. The van der Waals surface area contributed by atoms with E-state index < -0.39 is 0 Å². The highest BCUT2D eigenvalue weighted by Gasteiger charge is 2.13. The average Bonchev–Trinajstić information content (AvgIpc) is 2.52. The van der Waals surface area contributed by atoms with Gasteiger partial charge in [0, 0.05) is 5.02 Å². The maximum atomic E-state index is 12.2. The van der Waals surface area contributed by atoms with Crippen LogP contribution in [0.1, 0.15) is 40.8 Å². The fourth-order valence-corrected chi connectivity index (χ4v) is 2.78. The molecule has 0 radical (unpaired) electrons. The van der Waals surface area contributed by atoms with E-state index in [0.29, 0.717) is 10.8 Å². The highest BCUT2D eigenvalue weighted by atomic mass is 35.5. The Morgan fingerprint density at radius 1 is 1.04 bits per heavy atom. The monoisotopic (exact) mass is 345 g/mol. The van der Waals surface area contributed by atoms with E-state index in [2.05, 4.69) is 38.2 Å². The van der Waals surface area contributed by atoms with Crippen LogP contribution in [0.5, 0.6) is 5.75 Å². The summed E-state index contributed by atoms with van der Waals surface area (Å²) in [7, 11) is 0. The molecule has 2 aromatic rings. The zero-order valence-electron chi connectivity index (χ0n) is 14.9. The van der Waals surface area contributed by atoms with Crippen LogP contribution >= 0.6 is 11.6 Å². The number of benzene rings is 2. The second kappa shape index (κ2) is 7.71. The smallest absolute Gasteiger partial charge is 0.258 e. The summed E-state index contributed by atoms with van der Waals surface area (Å²) in [5.74, 6) is 0.495. The van der Waals surface area contributed by atoms with Gasteiger partial charge in [0.05, 0.1) is 6.04 Å². The summed E-state index contributed by atoms with van der Waals surface area (Å²) in [6.07, 6.45) is 0. The minimum Gasteiger partial charge on any atom is -0.484 e. The second-order valence-corrected chi connectivity index (χ2v) is 6.69. The van der Waals surface area contributed by atoms with Crippen LogP contribution in [0.2, 0.25) is 5.02 Å². The van der Waals surface area contributed by atoms with Gasteiger partial charge in [-0.3, -0.25) is 4.79 Å². The molecule has 24 heavy (non-hydrogen) atoms. The van der Waals surface area contributed by atoms with Crippen LogP contribution in [0, 0.1) is 27.7 Å². The van der Waals surface area contributed by atoms with Gasteiger partial charge in [-0.15, -0.1) is 0 Å². The maximum absolute atomic E-state index is 12.2. The summed E-state index contributed by atoms with van der Waals surface area (Å²) in [6, 6.07) is 9.59. The van der Waals surface area contributed by atoms with Crippen LogP contribution in [-0.2, 0) is 4.79 Å². The molecule has 4 heteroatoms. The molecule has 0 spiro atoms. The first-order chi connectivity index (χ1) is 11.3. The van der Waals surface area contributed by atoms with E-state index in [0.717, 1.165) is 11.1 Å². The molecule has 3 nitrogen and oxygen atoms in total. The quantitative estimate of drug-likeness (QED) is 0.842. The van der Waals surface area contributed by atoms with E-state index >= 15 is 0 Å². The molecule has 0 saturated carbocycles. The molecule has 0 saturated heterocycles. The zero-order chi connectivity index (χ0) is 17.9.